The van der Waals surface area contributed by atoms with Crippen LogP contribution in [0.3, 0.4) is 0 Å². The number of primary amides is 1. The van der Waals surface area contributed by atoms with Crippen molar-refractivity contribution >= 4 is 28.4 Å². The van der Waals surface area contributed by atoms with Crippen molar-refractivity contribution in [2.45, 2.75) is 6.04 Å². The van der Waals surface area contributed by atoms with E-state index < -0.39 is 5.91 Å². The third-order valence-corrected chi connectivity index (χ3v) is 4.08. The lowest BCUT2D eigenvalue weighted by Crippen LogP contribution is -2.48. The summed E-state index contributed by atoms with van der Waals surface area (Å²) < 4.78 is 12.9. The van der Waals surface area contributed by atoms with Gasteiger partial charge in [0, 0.05) is 17.8 Å². The predicted molar refractivity (Wildman–Crippen MR) is 89.5 cm³/mol. The smallest absolute Gasteiger partial charge is 0.252 e. The summed E-state index contributed by atoms with van der Waals surface area (Å²) in [6.45, 7) is 0.762. The summed E-state index contributed by atoms with van der Waals surface area (Å²) in [5.41, 5.74) is 7.07. The Kier molecular flexibility index (Phi) is 3.73. The van der Waals surface area contributed by atoms with Crippen LogP contribution < -0.4 is 15.8 Å². The number of carbonyl (C=O) groups is 2. The van der Waals surface area contributed by atoms with Gasteiger partial charge in [0.1, 0.15) is 24.6 Å². The van der Waals surface area contributed by atoms with Crippen molar-refractivity contribution in [2.24, 2.45) is 5.73 Å². The number of benzene rings is 1. The maximum atomic E-state index is 11.7. The Balaban J connectivity index is 1.73. The molecule has 3 aromatic rings. The molecule has 2 aromatic heterocycles. The molecule has 0 bridgehead atoms. The van der Waals surface area contributed by atoms with Crippen LogP contribution in [0.25, 0.3) is 16.6 Å². The average Bonchev–Trinajstić information content (AvgIpc) is 3.08. The lowest BCUT2D eigenvalue weighted by molar-refractivity contribution is -0.131. The van der Waals surface area contributed by atoms with Crippen LogP contribution in [-0.4, -0.2) is 47.1 Å². The van der Waals surface area contributed by atoms with Gasteiger partial charge < -0.3 is 20.5 Å². The summed E-state index contributed by atoms with van der Waals surface area (Å²) in [6, 6.07) is 7.04. The van der Waals surface area contributed by atoms with Crippen molar-refractivity contribution in [1.29, 1.82) is 0 Å². The maximum Gasteiger partial charge on any atom is 0.252 e. The molecule has 25 heavy (non-hydrogen) atoms. The number of hydrogen-bond acceptors (Lipinski definition) is 5. The van der Waals surface area contributed by atoms with Crippen LogP contribution in [0.15, 0.2) is 36.7 Å². The predicted octanol–water partition coefficient (Wildman–Crippen LogP) is 0.480. The van der Waals surface area contributed by atoms with Crippen molar-refractivity contribution in [3.05, 3.63) is 42.2 Å². The SMILES string of the molecule is NC(=O)c1cc2cccc(OC[C@H]3COCC(=O)N3)c2n2ccnc12. The second-order valence-electron chi connectivity index (χ2n) is 5.83. The Bertz CT molecular complexity index is 981. The Hall–Kier alpha value is -3.13. The molecule has 1 fully saturated rings. The standard InChI is InChI=1S/C17H16N4O4/c18-16(23)12-6-10-2-1-3-13(15(10)21-5-4-19-17(12)21)25-8-11-7-24-9-14(22)20-11/h1-6,11H,7-9H2,(H2,18,23)(H,20,22)/t11-/m1/s1. The number of nitrogens with two attached hydrogens (primary N) is 1. The van der Waals surface area contributed by atoms with Crippen molar-refractivity contribution in [2.75, 3.05) is 19.8 Å². The monoisotopic (exact) mass is 340 g/mol. The van der Waals surface area contributed by atoms with Crippen LogP contribution in [0.5, 0.6) is 5.75 Å². The molecule has 2 amide bonds. The number of nitrogens with one attached hydrogen (secondary N) is 1. The average molecular weight is 340 g/mol. The molecule has 4 rings (SSSR count). The first kappa shape index (κ1) is 15.4. The van der Waals surface area contributed by atoms with Crippen molar-refractivity contribution in [3.8, 4) is 5.75 Å². The second-order valence-corrected chi connectivity index (χ2v) is 5.83. The largest absolute Gasteiger partial charge is 0.489 e. The fourth-order valence-electron chi connectivity index (χ4n) is 3.00. The molecule has 3 heterocycles. The number of pyridine rings is 1. The van der Waals surface area contributed by atoms with E-state index in [1.54, 1.807) is 22.9 Å². The van der Waals surface area contributed by atoms with Crippen LogP contribution in [0, 0.1) is 0 Å². The van der Waals surface area contributed by atoms with Crippen LogP contribution in [0.1, 0.15) is 10.4 Å². The number of fused-ring (bicyclic) bond motifs is 3. The number of hydrogen-bond donors (Lipinski definition) is 2. The molecule has 128 valence electrons. The van der Waals surface area contributed by atoms with Gasteiger partial charge in [-0.3, -0.25) is 14.0 Å². The molecule has 0 spiro atoms. The minimum Gasteiger partial charge on any atom is -0.489 e. The second kappa shape index (κ2) is 6.06. The topological polar surface area (TPSA) is 108 Å². The van der Waals surface area contributed by atoms with Gasteiger partial charge in [-0.2, -0.15) is 0 Å². The van der Waals surface area contributed by atoms with Crippen molar-refractivity contribution < 1.29 is 19.1 Å². The molecule has 1 atom stereocenters. The van der Waals surface area contributed by atoms with E-state index in [9.17, 15) is 9.59 Å². The molecular weight excluding hydrogens is 324 g/mol. The number of ether oxygens (including phenoxy) is 2. The molecule has 3 N–H and O–H groups in total. The normalized spacial score (nSPS) is 17.6. The molecule has 1 saturated heterocycles. The summed E-state index contributed by atoms with van der Waals surface area (Å²) in [6.07, 6.45) is 3.36. The number of amides is 2. The van der Waals surface area contributed by atoms with Crippen LogP contribution in [0.4, 0.5) is 0 Å². The van der Waals surface area contributed by atoms with E-state index in [0.717, 1.165) is 10.9 Å². The number of rotatable bonds is 4. The summed E-state index contributed by atoms with van der Waals surface area (Å²) in [4.78, 5) is 27.3. The van der Waals surface area contributed by atoms with Gasteiger partial charge in [0.2, 0.25) is 5.91 Å². The number of para-hydroxylation sites is 1. The van der Waals surface area contributed by atoms with Crippen molar-refractivity contribution in [1.82, 2.24) is 14.7 Å². The molecule has 0 aliphatic carbocycles. The number of aromatic nitrogens is 2. The molecule has 1 aromatic carbocycles. The minimum absolute atomic E-state index is 0.0797. The molecular formula is C17H16N4O4. The molecule has 0 unspecified atom stereocenters. The van der Waals surface area contributed by atoms with Gasteiger partial charge in [-0.1, -0.05) is 12.1 Å². The van der Waals surface area contributed by atoms with E-state index in [2.05, 4.69) is 10.3 Å². The third kappa shape index (κ3) is 2.76. The Morgan fingerprint density at radius 2 is 2.36 bits per heavy atom. The molecule has 0 saturated carbocycles. The number of imidazole rings is 1. The van der Waals surface area contributed by atoms with Crippen LogP contribution in [0.2, 0.25) is 0 Å². The van der Waals surface area contributed by atoms with Crippen LogP contribution in [-0.2, 0) is 9.53 Å². The molecule has 1 aliphatic rings. The highest BCUT2D eigenvalue weighted by Crippen LogP contribution is 2.28. The van der Waals surface area contributed by atoms with Gasteiger partial charge in [-0.25, -0.2) is 4.98 Å². The minimum atomic E-state index is -0.536. The zero-order valence-corrected chi connectivity index (χ0v) is 13.3. The van der Waals surface area contributed by atoms with Gasteiger partial charge in [-0.05, 0) is 12.1 Å². The van der Waals surface area contributed by atoms with E-state index in [1.165, 1.54) is 0 Å². The molecule has 8 nitrogen and oxygen atoms in total. The third-order valence-electron chi connectivity index (χ3n) is 4.08. The first-order chi connectivity index (χ1) is 12.1. The highest BCUT2D eigenvalue weighted by atomic mass is 16.5. The van der Waals surface area contributed by atoms with Gasteiger partial charge >= 0.3 is 0 Å². The number of morpholine rings is 1. The number of nitrogens with zero attached hydrogens (tertiary/aromatic N) is 2. The fraction of sp³-hybridized carbons (Fsp3) is 0.235. The van der Waals surface area contributed by atoms with E-state index in [-0.39, 0.29) is 25.2 Å². The van der Waals surface area contributed by atoms with E-state index >= 15 is 0 Å². The highest BCUT2D eigenvalue weighted by molar-refractivity contribution is 6.03. The Morgan fingerprint density at radius 1 is 1.48 bits per heavy atom. The molecule has 0 radical (unpaired) electrons. The van der Waals surface area contributed by atoms with E-state index in [4.69, 9.17) is 15.2 Å². The fourth-order valence-corrected chi connectivity index (χ4v) is 3.00. The zero-order chi connectivity index (χ0) is 17.4. The van der Waals surface area contributed by atoms with Gasteiger partial charge in [0.25, 0.3) is 5.91 Å². The zero-order valence-electron chi connectivity index (χ0n) is 13.3. The molecule has 8 heteroatoms. The summed E-state index contributed by atoms with van der Waals surface area (Å²) in [7, 11) is 0. The van der Waals surface area contributed by atoms with Crippen LogP contribution >= 0.6 is 0 Å². The quantitative estimate of drug-likeness (QED) is 0.718. The van der Waals surface area contributed by atoms with E-state index in [0.29, 0.717) is 23.6 Å². The van der Waals surface area contributed by atoms with Gasteiger partial charge in [-0.15, -0.1) is 0 Å². The van der Waals surface area contributed by atoms with E-state index in [1.807, 2.05) is 18.2 Å². The Labute approximate surface area is 142 Å². The lowest BCUT2D eigenvalue weighted by Gasteiger charge is -2.23. The lowest BCUT2D eigenvalue weighted by atomic mass is 10.1. The summed E-state index contributed by atoms with van der Waals surface area (Å²) in [5.74, 6) is -0.0660. The molecule has 1 aliphatic heterocycles. The summed E-state index contributed by atoms with van der Waals surface area (Å²) in [5, 5.41) is 3.63. The van der Waals surface area contributed by atoms with Gasteiger partial charge in [0.15, 0.2) is 0 Å². The highest BCUT2D eigenvalue weighted by Gasteiger charge is 2.20. The summed E-state index contributed by atoms with van der Waals surface area (Å²) >= 11 is 0. The Morgan fingerprint density at radius 3 is 3.16 bits per heavy atom. The van der Waals surface area contributed by atoms with Crippen molar-refractivity contribution in [3.63, 3.8) is 0 Å². The number of carbonyl (C=O) groups excluding carboxylic acids is 2. The first-order valence-corrected chi connectivity index (χ1v) is 7.82. The van der Waals surface area contributed by atoms with Gasteiger partial charge in [0.05, 0.1) is 23.7 Å². The maximum absolute atomic E-state index is 11.7. The first-order valence-electron chi connectivity index (χ1n) is 7.82.